The van der Waals surface area contributed by atoms with Gasteiger partial charge in [-0.2, -0.15) is 0 Å². The minimum atomic E-state index is 0.568. The van der Waals surface area contributed by atoms with Crippen LogP contribution in [-0.4, -0.2) is 20.3 Å². The minimum absolute atomic E-state index is 0.568. The van der Waals surface area contributed by atoms with E-state index in [-0.39, 0.29) is 0 Å². The zero-order valence-electron chi connectivity index (χ0n) is 11.7. The van der Waals surface area contributed by atoms with E-state index in [9.17, 15) is 0 Å². The first-order valence-corrected chi connectivity index (χ1v) is 6.84. The van der Waals surface area contributed by atoms with Crippen molar-refractivity contribution in [2.45, 2.75) is 6.92 Å². The fourth-order valence-corrected chi connectivity index (χ4v) is 1.98. The molecule has 2 aromatic rings. The fraction of sp³-hybridized carbons (Fsp3) is 0.250. The average Bonchev–Trinajstić information content (AvgIpc) is 2.46. The molecule has 0 aromatic heterocycles. The summed E-state index contributed by atoms with van der Waals surface area (Å²) in [4.78, 5) is 0. The number of anilines is 1. The number of hydrogen-bond acceptors (Lipinski definition) is 3. The van der Waals surface area contributed by atoms with E-state index < -0.39 is 0 Å². The van der Waals surface area contributed by atoms with Gasteiger partial charge in [0.25, 0.3) is 0 Å². The van der Waals surface area contributed by atoms with Crippen LogP contribution in [-0.2, 0) is 0 Å². The number of hydrogen-bond donors (Lipinski definition) is 1. The fourth-order valence-electron chi connectivity index (χ4n) is 1.81. The highest BCUT2D eigenvalue weighted by Gasteiger charge is 2.03. The number of ether oxygens (including phenoxy) is 2. The molecule has 4 heteroatoms. The molecule has 0 radical (unpaired) electrons. The molecule has 106 valence electrons. The standard InChI is InChI=1S/C16H18ClNO2/c1-12-3-6-14(7-4-12)20-10-9-18-15-11-13(17)5-8-16(15)19-2/h3-8,11,18H,9-10H2,1-2H3. The summed E-state index contributed by atoms with van der Waals surface area (Å²) in [7, 11) is 1.64. The zero-order chi connectivity index (χ0) is 14.4. The number of nitrogens with one attached hydrogen (secondary N) is 1. The van der Waals surface area contributed by atoms with E-state index in [1.54, 1.807) is 13.2 Å². The number of aryl methyl sites for hydroxylation is 1. The number of benzene rings is 2. The Morgan fingerprint density at radius 1 is 1.10 bits per heavy atom. The molecule has 2 aromatic carbocycles. The molecule has 0 unspecified atom stereocenters. The van der Waals surface area contributed by atoms with Gasteiger partial charge in [0.05, 0.1) is 12.8 Å². The van der Waals surface area contributed by atoms with Gasteiger partial charge in [-0.25, -0.2) is 0 Å². The van der Waals surface area contributed by atoms with E-state index >= 15 is 0 Å². The highest BCUT2D eigenvalue weighted by Crippen LogP contribution is 2.27. The Morgan fingerprint density at radius 3 is 2.55 bits per heavy atom. The van der Waals surface area contributed by atoms with Crippen LogP contribution < -0.4 is 14.8 Å². The van der Waals surface area contributed by atoms with Crippen LogP contribution in [0.3, 0.4) is 0 Å². The van der Waals surface area contributed by atoms with Crippen LogP contribution >= 0.6 is 11.6 Å². The van der Waals surface area contributed by atoms with Gasteiger partial charge >= 0.3 is 0 Å². The molecule has 0 saturated carbocycles. The van der Waals surface area contributed by atoms with Gasteiger partial charge in [0.1, 0.15) is 18.1 Å². The van der Waals surface area contributed by atoms with Crippen molar-refractivity contribution in [2.24, 2.45) is 0 Å². The molecule has 0 fully saturated rings. The van der Waals surface area contributed by atoms with Crippen molar-refractivity contribution in [3.8, 4) is 11.5 Å². The normalized spacial score (nSPS) is 10.2. The third-order valence-electron chi connectivity index (χ3n) is 2.87. The van der Waals surface area contributed by atoms with E-state index in [2.05, 4.69) is 12.2 Å². The van der Waals surface area contributed by atoms with Gasteiger partial charge in [-0.1, -0.05) is 29.3 Å². The van der Waals surface area contributed by atoms with Crippen molar-refractivity contribution in [3.05, 3.63) is 53.1 Å². The van der Waals surface area contributed by atoms with Crippen LogP contribution in [0.2, 0.25) is 5.02 Å². The first-order valence-electron chi connectivity index (χ1n) is 6.46. The van der Waals surface area contributed by atoms with Crippen LogP contribution in [0.1, 0.15) is 5.56 Å². The maximum absolute atomic E-state index is 5.97. The van der Waals surface area contributed by atoms with E-state index in [0.717, 1.165) is 17.2 Å². The van der Waals surface area contributed by atoms with Crippen LogP contribution in [0.5, 0.6) is 11.5 Å². The smallest absolute Gasteiger partial charge is 0.142 e. The quantitative estimate of drug-likeness (QED) is 0.811. The van der Waals surface area contributed by atoms with Crippen molar-refractivity contribution in [1.82, 2.24) is 0 Å². The number of rotatable bonds is 6. The monoisotopic (exact) mass is 291 g/mol. The SMILES string of the molecule is COc1ccc(Cl)cc1NCCOc1ccc(C)cc1. The molecule has 0 atom stereocenters. The van der Waals surface area contributed by atoms with E-state index in [1.165, 1.54) is 5.56 Å². The lowest BCUT2D eigenvalue weighted by Gasteiger charge is -2.12. The third-order valence-corrected chi connectivity index (χ3v) is 3.10. The summed E-state index contributed by atoms with van der Waals surface area (Å²) < 4.78 is 10.9. The second-order valence-electron chi connectivity index (χ2n) is 4.43. The summed E-state index contributed by atoms with van der Waals surface area (Å²) in [6.07, 6.45) is 0. The number of halogens is 1. The largest absolute Gasteiger partial charge is 0.495 e. The Bertz CT molecular complexity index is 555. The molecule has 0 heterocycles. The van der Waals surface area contributed by atoms with Gasteiger partial charge < -0.3 is 14.8 Å². The predicted molar refractivity (Wildman–Crippen MR) is 83.2 cm³/mol. The van der Waals surface area contributed by atoms with E-state index in [1.807, 2.05) is 36.4 Å². The summed E-state index contributed by atoms with van der Waals surface area (Å²) in [5, 5.41) is 3.93. The second-order valence-corrected chi connectivity index (χ2v) is 4.87. The highest BCUT2D eigenvalue weighted by atomic mass is 35.5. The van der Waals surface area contributed by atoms with E-state index in [4.69, 9.17) is 21.1 Å². The van der Waals surface area contributed by atoms with Crippen molar-refractivity contribution < 1.29 is 9.47 Å². The average molecular weight is 292 g/mol. The lowest BCUT2D eigenvalue weighted by atomic mass is 10.2. The second kappa shape index (κ2) is 7.06. The van der Waals surface area contributed by atoms with Crippen molar-refractivity contribution in [3.63, 3.8) is 0 Å². The Morgan fingerprint density at radius 2 is 1.85 bits per heavy atom. The molecule has 3 nitrogen and oxygen atoms in total. The first-order chi connectivity index (χ1) is 9.69. The van der Waals surface area contributed by atoms with Crippen molar-refractivity contribution in [2.75, 3.05) is 25.6 Å². The van der Waals surface area contributed by atoms with Crippen LogP contribution in [0.25, 0.3) is 0 Å². The van der Waals surface area contributed by atoms with Gasteiger partial charge in [0.15, 0.2) is 0 Å². The first kappa shape index (κ1) is 14.5. The Labute approximate surface area is 124 Å². The lowest BCUT2D eigenvalue weighted by molar-refractivity contribution is 0.332. The maximum atomic E-state index is 5.97. The molecule has 0 bridgehead atoms. The zero-order valence-corrected chi connectivity index (χ0v) is 12.4. The third kappa shape index (κ3) is 4.07. The molecule has 2 rings (SSSR count). The molecular weight excluding hydrogens is 274 g/mol. The van der Waals surface area contributed by atoms with Gasteiger partial charge in [-0.3, -0.25) is 0 Å². The number of methoxy groups -OCH3 is 1. The minimum Gasteiger partial charge on any atom is -0.495 e. The molecule has 20 heavy (non-hydrogen) atoms. The highest BCUT2D eigenvalue weighted by molar-refractivity contribution is 6.30. The van der Waals surface area contributed by atoms with Crippen LogP contribution in [0, 0.1) is 6.92 Å². The molecule has 0 spiro atoms. The molecule has 0 saturated heterocycles. The predicted octanol–water partition coefficient (Wildman–Crippen LogP) is 4.15. The molecule has 0 aliphatic heterocycles. The molecule has 1 N–H and O–H groups in total. The topological polar surface area (TPSA) is 30.5 Å². The van der Waals surface area contributed by atoms with Crippen LogP contribution in [0.15, 0.2) is 42.5 Å². The van der Waals surface area contributed by atoms with Crippen molar-refractivity contribution >= 4 is 17.3 Å². The Kier molecular flexibility index (Phi) is 5.13. The van der Waals surface area contributed by atoms with Gasteiger partial charge in [-0.15, -0.1) is 0 Å². The molecule has 0 amide bonds. The van der Waals surface area contributed by atoms with Gasteiger partial charge in [0, 0.05) is 11.6 Å². The summed E-state index contributed by atoms with van der Waals surface area (Å²) in [6.45, 7) is 3.29. The lowest BCUT2D eigenvalue weighted by Crippen LogP contribution is -2.12. The molecule has 0 aliphatic carbocycles. The molecular formula is C16H18ClNO2. The molecule has 0 aliphatic rings. The van der Waals surface area contributed by atoms with E-state index in [0.29, 0.717) is 18.2 Å². The van der Waals surface area contributed by atoms with Crippen LogP contribution in [0.4, 0.5) is 5.69 Å². The Balaban J connectivity index is 1.84. The van der Waals surface area contributed by atoms with Gasteiger partial charge in [-0.05, 0) is 37.3 Å². The Hall–Kier alpha value is -1.87. The maximum Gasteiger partial charge on any atom is 0.142 e. The summed E-state index contributed by atoms with van der Waals surface area (Å²) in [5.74, 6) is 1.64. The summed E-state index contributed by atoms with van der Waals surface area (Å²) in [5.41, 5.74) is 2.09. The van der Waals surface area contributed by atoms with Gasteiger partial charge in [0.2, 0.25) is 0 Å². The summed E-state index contributed by atoms with van der Waals surface area (Å²) in [6, 6.07) is 13.5. The van der Waals surface area contributed by atoms with Crippen molar-refractivity contribution in [1.29, 1.82) is 0 Å². The summed E-state index contributed by atoms with van der Waals surface area (Å²) >= 11 is 5.97.